The van der Waals surface area contributed by atoms with E-state index in [2.05, 4.69) is 4.98 Å². The number of carboxylic acids is 1. The molecular formula is C9H13N3O4S. The molecule has 1 heterocycles. The van der Waals surface area contributed by atoms with Gasteiger partial charge in [-0.1, -0.05) is 0 Å². The predicted molar refractivity (Wildman–Crippen MR) is 62.2 cm³/mol. The SMILES string of the molecule is CN(C)S(=O)(=O)N(C)c1ccc(C(=O)O)nc1. The van der Waals surface area contributed by atoms with Gasteiger partial charge in [0.05, 0.1) is 11.9 Å². The minimum Gasteiger partial charge on any atom is -0.477 e. The van der Waals surface area contributed by atoms with Gasteiger partial charge in [-0.2, -0.15) is 12.7 Å². The molecule has 0 atom stereocenters. The van der Waals surface area contributed by atoms with E-state index in [9.17, 15) is 13.2 Å². The molecule has 94 valence electrons. The van der Waals surface area contributed by atoms with E-state index < -0.39 is 16.2 Å². The summed E-state index contributed by atoms with van der Waals surface area (Å²) in [5, 5.41) is 8.66. The molecule has 8 heteroatoms. The third-order valence-electron chi connectivity index (χ3n) is 2.14. The van der Waals surface area contributed by atoms with E-state index in [-0.39, 0.29) is 5.69 Å². The molecule has 0 aliphatic heterocycles. The van der Waals surface area contributed by atoms with Crippen molar-refractivity contribution in [1.82, 2.24) is 9.29 Å². The van der Waals surface area contributed by atoms with Crippen molar-refractivity contribution >= 4 is 21.9 Å². The Hall–Kier alpha value is -1.67. The summed E-state index contributed by atoms with van der Waals surface area (Å²) < 4.78 is 25.6. The van der Waals surface area contributed by atoms with Crippen LogP contribution in [0.15, 0.2) is 18.3 Å². The highest BCUT2D eigenvalue weighted by Crippen LogP contribution is 2.16. The van der Waals surface area contributed by atoms with Crippen LogP contribution in [0.3, 0.4) is 0 Å². The number of anilines is 1. The molecule has 1 aromatic rings. The van der Waals surface area contributed by atoms with Crippen LogP contribution in [-0.4, -0.2) is 49.9 Å². The van der Waals surface area contributed by atoms with Crippen LogP contribution in [0.5, 0.6) is 0 Å². The van der Waals surface area contributed by atoms with Gasteiger partial charge in [0, 0.05) is 21.1 Å². The minimum absolute atomic E-state index is 0.135. The number of nitrogens with zero attached hydrogens (tertiary/aromatic N) is 3. The largest absolute Gasteiger partial charge is 0.477 e. The first-order valence-corrected chi connectivity index (χ1v) is 6.02. The van der Waals surface area contributed by atoms with Gasteiger partial charge in [-0.05, 0) is 12.1 Å². The molecule has 0 fully saturated rings. The Labute approximate surface area is 99.5 Å². The van der Waals surface area contributed by atoms with Crippen molar-refractivity contribution in [2.24, 2.45) is 0 Å². The summed E-state index contributed by atoms with van der Waals surface area (Å²) in [6, 6.07) is 2.64. The molecule has 0 aliphatic carbocycles. The molecule has 0 bridgehead atoms. The van der Waals surface area contributed by atoms with Crippen molar-refractivity contribution in [1.29, 1.82) is 0 Å². The average Bonchev–Trinajstić information content (AvgIpc) is 2.27. The highest BCUT2D eigenvalue weighted by atomic mass is 32.2. The molecule has 0 radical (unpaired) electrons. The number of rotatable bonds is 4. The zero-order valence-corrected chi connectivity index (χ0v) is 10.5. The zero-order chi connectivity index (χ0) is 13.2. The van der Waals surface area contributed by atoms with E-state index in [1.165, 1.54) is 39.5 Å². The van der Waals surface area contributed by atoms with Gasteiger partial charge >= 0.3 is 16.2 Å². The second-order valence-corrected chi connectivity index (χ2v) is 5.64. The number of hydrogen-bond acceptors (Lipinski definition) is 4. The molecule has 1 N–H and O–H groups in total. The Morgan fingerprint density at radius 3 is 2.24 bits per heavy atom. The maximum atomic E-state index is 11.8. The van der Waals surface area contributed by atoms with Gasteiger partial charge in [-0.15, -0.1) is 0 Å². The molecule has 0 amide bonds. The summed E-state index contributed by atoms with van der Waals surface area (Å²) in [4.78, 5) is 14.2. The third kappa shape index (κ3) is 2.71. The van der Waals surface area contributed by atoms with Gasteiger partial charge in [-0.25, -0.2) is 9.78 Å². The van der Waals surface area contributed by atoms with E-state index in [1.54, 1.807) is 0 Å². The van der Waals surface area contributed by atoms with Crippen molar-refractivity contribution in [3.8, 4) is 0 Å². The van der Waals surface area contributed by atoms with Gasteiger partial charge in [0.15, 0.2) is 0 Å². The van der Waals surface area contributed by atoms with Crippen LogP contribution in [-0.2, 0) is 10.2 Å². The second kappa shape index (κ2) is 4.68. The first kappa shape index (κ1) is 13.4. The normalized spacial score (nSPS) is 11.5. The number of carboxylic acid groups (broad SMARTS) is 1. The van der Waals surface area contributed by atoms with Crippen LogP contribution in [0.4, 0.5) is 5.69 Å². The number of pyridine rings is 1. The Morgan fingerprint density at radius 1 is 1.29 bits per heavy atom. The maximum Gasteiger partial charge on any atom is 0.354 e. The molecule has 1 rings (SSSR count). The predicted octanol–water partition coefficient (Wildman–Crippen LogP) is 0.0224. The van der Waals surface area contributed by atoms with Gasteiger partial charge < -0.3 is 5.11 Å². The lowest BCUT2D eigenvalue weighted by Gasteiger charge is -2.22. The van der Waals surface area contributed by atoms with Crippen LogP contribution in [0, 0.1) is 0 Å². The van der Waals surface area contributed by atoms with Crippen LogP contribution < -0.4 is 4.31 Å². The first-order valence-electron chi connectivity index (χ1n) is 4.62. The van der Waals surface area contributed by atoms with Crippen LogP contribution in [0.25, 0.3) is 0 Å². The Balaban J connectivity index is 3.06. The van der Waals surface area contributed by atoms with Crippen molar-refractivity contribution in [2.75, 3.05) is 25.4 Å². The minimum atomic E-state index is -3.58. The zero-order valence-electron chi connectivity index (χ0n) is 9.65. The molecule has 1 aromatic heterocycles. The fraction of sp³-hybridized carbons (Fsp3) is 0.333. The summed E-state index contributed by atoms with van der Waals surface area (Å²) in [5.74, 6) is -1.16. The lowest BCUT2D eigenvalue weighted by atomic mass is 10.3. The summed E-state index contributed by atoms with van der Waals surface area (Å²) in [6.07, 6.45) is 1.20. The molecular weight excluding hydrogens is 246 g/mol. The smallest absolute Gasteiger partial charge is 0.354 e. The highest BCUT2D eigenvalue weighted by molar-refractivity contribution is 7.90. The molecule has 0 aromatic carbocycles. The molecule has 0 aliphatic rings. The van der Waals surface area contributed by atoms with Crippen molar-refractivity contribution in [2.45, 2.75) is 0 Å². The van der Waals surface area contributed by atoms with Crippen LogP contribution >= 0.6 is 0 Å². The molecule has 0 spiro atoms. The third-order valence-corrected chi connectivity index (χ3v) is 3.96. The monoisotopic (exact) mass is 259 g/mol. The highest BCUT2D eigenvalue weighted by Gasteiger charge is 2.21. The van der Waals surface area contributed by atoms with Gasteiger partial charge in [0.2, 0.25) is 0 Å². The Kier molecular flexibility index (Phi) is 3.69. The summed E-state index contributed by atoms with van der Waals surface area (Å²) >= 11 is 0. The standard InChI is InChI=1S/C9H13N3O4S/c1-11(2)17(15,16)12(3)7-4-5-8(9(13)14)10-6-7/h4-6H,1-3H3,(H,13,14). The topological polar surface area (TPSA) is 90.8 Å². The molecule has 0 saturated heterocycles. The molecule has 0 unspecified atom stereocenters. The summed E-state index contributed by atoms with van der Waals surface area (Å²) in [5.41, 5.74) is 0.160. The number of aromatic carboxylic acids is 1. The Morgan fingerprint density at radius 2 is 1.88 bits per heavy atom. The lowest BCUT2D eigenvalue weighted by molar-refractivity contribution is 0.0690. The van der Waals surface area contributed by atoms with Gasteiger partial charge in [0.25, 0.3) is 0 Å². The maximum absolute atomic E-state index is 11.8. The fourth-order valence-electron chi connectivity index (χ4n) is 1.08. The Bertz CT molecular complexity index is 510. The summed E-state index contributed by atoms with van der Waals surface area (Å²) in [7, 11) is 0.599. The number of aromatic nitrogens is 1. The van der Waals surface area contributed by atoms with E-state index in [0.29, 0.717) is 5.69 Å². The van der Waals surface area contributed by atoms with Crippen molar-refractivity contribution in [3.63, 3.8) is 0 Å². The van der Waals surface area contributed by atoms with Gasteiger partial charge in [0.1, 0.15) is 5.69 Å². The molecule has 0 saturated carbocycles. The lowest BCUT2D eigenvalue weighted by Crippen LogP contribution is -2.37. The van der Waals surface area contributed by atoms with E-state index in [0.717, 1.165) is 8.61 Å². The fourth-order valence-corrected chi connectivity index (χ4v) is 1.94. The molecule has 7 nitrogen and oxygen atoms in total. The summed E-state index contributed by atoms with van der Waals surface area (Å²) in [6.45, 7) is 0. The van der Waals surface area contributed by atoms with Crippen LogP contribution in [0.1, 0.15) is 10.5 Å². The quantitative estimate of drug-likeness (QED) is 0.823. The number of carbonyl (C=O) groups is 1. The number of hydrogen-bond donors (Lipinski definition) is 1. The molecule has 17 heavy (non-hydrogen) atoms. The van der Waals surface area contributed by atoms with Crippen molar-refractivity contribution in [3.05, 3.63) is 24.0 Å². The van der Waals surface area contributed by atoms with Crippen LogP contribution in [0.2, 0.25) is 0 Å². The van der Waals surface area contributed by atoms with E-state index in [4.69, 9.17) is 5.11 Å². The van der Waals surface area contributed by atoms with E-state index in [1.807, 2.05) is 0 Å². The van der Waals surface area contributed by atoms with E-state index >= 15 is 0 Å². The van der Waals surface area contributed by atoms with Crippen molar-refractivity contribution < 1.29 is 18.3 Å². The first-order chi connectivity index (χ1) is 7.76. The average molecular weight is 259 g/mol. The van der Waals surface area contributed by atoms with Gasteiger partial charge in [-0.3, -0.25) is 4.31 Å². The second-order valence-electron chi connectivity index (χ2n) is 3.46.